The number of morpholine rings is 1. The Kier molecular flexibility index (Phi) is 5.32. The maximum Gasteiger partial charge on any atom is 0.236 e. The van der Waals surface area contributed by atoms with E-state index in [9.17, 15) is 4.79 Å². The molecule has 24 heavy (non-hydrogen) atoms. The zero-order valence-corrected chi connectivity index (χ0v) is 14.2. The Hall–Kier alpha value is -2.12. The summed E-state index contributed by atoms with van der Waals surface area (Å²) >= 11 is 0. The number of nitrogens with zero attached hydrogens (tertiary/aromatic N) is 4. The first kappa shape index (κ1) is 16.7. The molecule has 0 aromatic carbocycles. The third-order valence-corrected chi connectivity index (χ3v) is 4.15. The number of aryl methyl sites for hydroxylation is 1. The fourth-order valence-corrected chi connectivity index (χ4v) is 2.86. The van der Waals surface area contributed by atoms with Gasteiger partial charge in [0, 0.05) is 32.5 Å². The molecule has 2 aromatic heterocycles. The van der Waals surface area contributed by atoms with Crippen LogP contribution in [0.3, 0.4) is 0 Å². The van der Waals surface area contributed by atoms with Gasteiger partial charge in [0.1, 0.15) is 11.5 Å². The van der Waals surface area contributed by atoms with Crippen molar-refractivity contribution in [2.24, 2.45) is 0 Å². The largest absolute Gasteiger partial charge is 0.464 e. The van der Waals surface area contributed by atoms with E-state index in [0.29, 0.717) is 26.2 Å². The first-order valence-corrected chi connectivity index (χ1v) is 8.21. The molecule has 0 spiro atoms. The van der Waals surface area contributed by atoms with E-state index in [2.05, 4.69) is 10.00 Å². The summed E-state index contributed by atoms with van der Waals surface area (Å²) in [5.74, 6) is 1.76. The van der Waals surface area contributed by atoms with Gasteiger partial charge in [0.15, 0.2) is 0 Å². The van der Waals surface area contributed by atoms with Crippen molar-refractivity contribution in [3.8, 4) is 0 Å². The van der Waals surface area contributed by atoms with Crippen LogP contribution in [0.25, 0.3) is 0 Å². The fraction of sp³-hybridized carbons (Fsp3) is 0.529. The zero-order chi connectivity index (χ0) is 16.9. The van der Waals surface area contributed by atoms with Crippen molar-refractivity contribution < 1.29 is 13.9 Å². The van der Waals surface area contributed by atoms with Gasteiger partial charge in [0.25, 0.3) is 0 Å². The summed E-state index contributed by atoms with van der Waals surface area (Å²) in [6.07, 6.45) is 3.74. The average Bonchev–Trinajstić information content (AvgIpc) is 3.19. The monoisotopic (exact) mass is 332 g/mol. The van der Waals surface area contributed by atoms with Crippen LogP contribution in [0.15, 0.2) is 35.0 Å². The van der Waals surface area contributed by atoms with Gasteiger partial charge in [-0.15, -0.1) is 0 Å². The number of hydrogen-bond donors (Lipinski definition) is 0. The number of amides is 1. The van der Waals surface area contributed by atoms with Crippen molar-refractivity contribution in [2.75, 3.05) is 33.3 Å². The highest BCUT2D eigenvalue weighted by molar-refractivity contribution is 5.77. The number of carbonyl (C=O) groups is 1. The molecular formula is C17H24N4O3. The molecule has 1 atom stereocenters. The second kappa shape index (κ2) is 7.63. The van der Waals surface area contributed by atoms with E-state index in [1.165, 1.54) is 0 Å². The lowest BCUT2D eigenvalue weighted by Gasteiger charge is -2.33. The van der Waals surface area contributed by atoms with Crippen LogP contribution in [0, 0.1) is 6.92 Å². The van der Waals surface area contributed by atoms with Gasteiger partial charge in [0.05, 0.1) is 32.3 Å². The Morgan fingerprint density at radius 2 is 2.33 bits per heavy atom. The van der Waals surface area contributed by atoms with Crippen molar-refractivity contribution in [2.45, 2.75) is 26.1 Å². The smallest absolute Gasteiger partial charge is 0.236 e. The SMILES string of the molecule is Cc1ccc(CN(C)C(=O)CN2CCO[C@@H](Cn3cccn3)C2)o1. The quantitative estimate of drug-likeness (QED) is 0.794. The predicted molar refractivity (Wildman–Crippen MR) is 88.3 cm³/mol. The minimum absolute atomic E-state index is 0.0597. The Bertz CT molecular complexity index is 653. The van der Waals surface area contributed by atoms with E-state index < -0.39 is 0 Å². The van der Waals surface area contributed by atoms with E-state index in [0.717, 1.165) is 24.6 Å². The summed E-state index contributed by atoms with van der Waals surface area (Å²) in [7, 11) is 1.81. The van der Waals surface area contributed by atoms with E-state index in [1.807, 2.05) is 43.0 Å². The molecule has 1 fully saturated rings. The van der Waals surface area contributed by atoms with Crippen molar-refractivity contribution in [3.05, 3.63) is 42.1 Å². The minimum Gasteiger partial charge on any atom is -0.464 e. The van der Waals surface area contributed by atoms with Crippen molar-refractivity contribution in [1.82, 2.24) is 19.6 Å². The highest BCUT2D eigenvalue weighted by atomic mass is 16.5. The summed E-state index contributed by atoms with van der Waals surface area (Å²) in [5, 5.41) is 4.21. The van der Waals surface area contributed by atoms with Gasteiger partial charge in [-0.2, -0.15) is 5.10 Å². The topological polar surface area (TPSA) is 63.7 Å². The third kappa shape index (κ3) is 4.46. The number of carbonyl (C=O) groups excluding carboxylic acids is 1. The normalized spacial score (nSPS) is 18.7. The van der Waals surface area contributed by atoms with Gasteiger partial charge in [-0.05, 0) is 25.1 Å². The Morgan fingerprint density at radius 1 is 1.46 bits per heavy atom. The van der Waals surface area contributed by atoms with E-state index in [-0.39, 0.29) is 12.0 Å². The molecule has 0 bridgehead atoms. The van der Waals surface area contributed by atoms with E-state index >= 15 is 0 Å². The number of likely N-dealkylation sites (N-methyl/N-ethyl adjacent to an activating group) is 1. The highest BCUT2D eigenvalue weighted by Crippen LogP contribution is 2.11. The summed E-state index contributed by atoms with van der Waals surface area (Å²) < 4.78 is 13.2. The van der Waals surface area contributed by atoms with Crippen LogP contribution in [0.1, 0.15) is 11.5 Å². The van der Waals surface area contributed by atoms with Gasteiger partial charge in [-0.3, -0.25) is 14.4 Å². The van der Waals surface area contributed by atoms with Crippen LogP contribution >= 0.6 is 0 Å². The Balaban J connectivity index is 1.48. The first-order chi connectivity index (χ1) is 11.6. The summed E-state index contributed by atoms with van der Waals surface area (Å²) in [6.45, 7) is 5.65. The van der Waals surface area contributed by atoms with Gasteiger partial charge in [0.2, 0.25) is 5.91 Å². The second-order valence-corrected chi connectivity index (χ2v) is 6.22. The van der Waals surface area contributed by atoms with Crippen molar-refractivity contribution in [3.63, 3.8) is 0 Å². The van der Waals surface area contributed by atoms with Crippen LogP contribution < -0.4 is 0 Å². The van der Waals surface area contributed by atoms with Crippen molar-refractivity contribution >= 4 is 5.91 Å². The summed E-state index contributed by atoms with van der Waals surface area (Å²) in [6, 6.07) is 5.72. The molecule has 3 heterocycles. The molecule has 3 rings (SSSR count). The molecule has 7 nitrogen and oxygen atoms in total. The average molecular weight is 332 g/mol. The van der Waals surface area contributed by atoms with E-state index in [4.69, 9.17) is 9.15 Å². The summed E-state index contributed by atoms with van der Waals surface area (Å²) in [4.78, 5) is 16.3. The molecule has 2 aromatic rings. The third-order valence-electron chi connectivity index (χ3n) is 4.15. The molecule has 0 N–H and O–H groups in total. The number of aromatic nitrogens is 2. The van der Waals surface area contributed by atoms with E-state index in [1.54, 1.807) is 11.1 Å². The van der Waals surface area contributed by atoms with Crippen LogP contribution in [0.2, 0.25) is 0 Å². The molecule has 0 aliphatic carbocycles. The first-order valence-electron chi connectivity index (χ1n) is 8.21. The molecule has 7 heteroatoms. The lowest BCUT2D eigenvalue weighted by molar-refractivity contribution is -0.134. The molecule has 1 amide bonds. The zero-order valence-electron chi connectivity index (χ0n) is 14.2. The molecular weight excluding hydrogens is 308 g/mol. The molecule has 1 saturated heterocycles. The number of furan rings is 1. The lowest BCUT2D eigenvalue weighted by atomic mass is 10.2. The van der Waals surface area contributed by atoms with Gasteiger partial charge >= 0.3 is 0 Å². The Labute approximate surface area is 141 Å². The maximum atomic E-state index is 12.4. The molecule has 1 aliphatic heterocycles. The molecule has 0 saturated carbocycles. The Morgan fingerprint density at radius 3 is 3.04 bits per heavy atom. The van der Waals surface area contributed by atoms with Crippen molar-refractivity contribution in [1.29, 1.82) is 0 Å². The fourth-order valence-electron chi connectivity index (χ4n) is 2.86. The predicted octanol–water partition coefficient (Wildman–Crippen LogP) is 1.14. The highest BCUT2D eigenvalue weighted by Gasteiger charge is 2.24. The number of ether oxygens (including phenoxy) is 1. The summed E-state index contributed by atoms with van der Waals surface area (Å²) in [5.41, 5.74) is 0. The molecule has 130 valence electrons. The minimum atomic E-state index is 0.0597. The number of hydrogen-bond acceptors (Lipinski definition) is 5. The number of rotatable bonds is 6. The maximum absolute atomic E-state index is 12.4. The van der Waals surface area contributed by atoms with Crippen LogP contribution in [-0.2, 0) is 22.6 Å². The standard InChI is InChI=1S/C17H24N4O3/c1-14-4-5-15(24-14)10-19(2)17(22)13-20-8-9-23-16(11-20)12-21-7-3-6-18-21/h3-7,16H,8-13H2,1-2H3/t16-/m1/s1. The van der Waals surface area contributed by atoms with Gasteiger partial charge < -0.3 is 14.1 Å². The molecule has 0 radical (unpaired) electrons. The lowest BCUT2D eigenvalue weighted by Crippen LogP contribution is -2.48. The molecule has 1 aliphatic rings. The second-order valence-electron chi connectivity index (χ2n) is 6.22. The van der Waals surface area contributed by atoms with Crippen LogP contribution in [0.4, 0.5) is 0 Å². The van der Waals surface area contributed by atoms with Crippen LogP contribution in [0.5, 0.6) is 0 Å². The van der Waals surface area contributed by atoms with Gasteiger partial charge in [-0.1, -0.05) is 0 Å². The van der Waals surface area contributed by atoms with Crippen LogP contribution in [-0.4, -0.2) is 64.9 Å². The van der Waals surface area contributed by atoms with Gasteiger partial charge in [-0.25, -0.2) is 0 Å². The molecule has 0 unspecified atom stereocenters.